The number of thiocarbonyl (C=S) groups is 1. The summed E-state index contributed by atoms with van der Waals surface area (Å²) in [7, 11) is 0. The average molecular weight is 503 g/mol. The van der Waals surface area contributed by atoms with E-state index in [-0.39, 0.29) is 5.91 Å². The summed E-state index contributed by atoms with van der Waals surface area (Å²) in [5.74, 6) is 0.642. The SMILES string of the molecule is CCN1C(=O)/C(=C/c2ccc(OCc3ccc(Cl)c(Cl)c3)c(Br)c2)SC1=S. The van der Waals surface area contributed by atoms with Gasteiger partial charge < -0.3 is 4.74 Å². The van der Waals surface area contributed by atoms with Crippen LogP contribution in [0.1, 0.15) is 18.1 Å². The van der Waals surface area contributed by atoms with Gasteiger partial charge in [-0.1, -0.05) is 59.3 Å². The standard InChI is InChI=1S/C19H14BrCl2NO2S2/c1-2-23-18(24)17(27-19(23)26)9-11-4-6-16(13(20)7-11)25-10-12-3-5-14(21)15(22)8-12/h3-9H,2,10H2,1H3/b17-9-. The first-order chi connectivity index (χ1) is 12.9. The Morgan fingerprint density at radius 1 is 1.22 bits per heavy atom. The second kappa shape index (κ2) is 8.97. The topological polar surface area (TPSA) is 29.5 Å². The van der Waals surface area contributed by atoms with E-state index in [4.69, 9.17) is 40.2 Å². The fourth-order valence-electron chi connectivity index (χ4n) is 2.44. The van der Waals surface area contributed by atoms with Gasteiger partial charge in [-0.15, -0.1) is 0 Å². The molecule has 1 heterocycles. The second-order valence-electron chi connectivity index (χ2n) is 5.65. The Morgan fingerprint density at radius 2 is 2.00 bits per heavy atom. The van der Waals surface area contributed by atoms with Crippen LogP contribution < -0.4 is 4.74 Å². The molecule has 0 N–H and O–H groups in total. The Bertz CT molecular complexity index is 949. The minimum atomic E-state index is -0.0523. The highest BCUT2D eigenvalue weighted by Crippen LogP contribution is 2.34. The normalized spacial score (nSPS) is 15.7. The quantitative estimate of drug-likeness (QED) is 0.342. The van der Waals surface area contributed by atoms with E-state index in [1.54, 1.807) is 17.0 Å². The van der Waals surface area contributed by atoms with Crippen LogP contribution in [0.2, 0.25) is 10.0 Å². The van der Waals surface area contributed by atoms with E-state index in [0.717, 1.165) is 15.6 Å². The van der Waals surface area contributed by atoms with Gasteiger partial charge in [0.05, 0.1) is 19.4 Å². The van der Waals surface area contributed by atoms with Crippen molar-refractivity contribution in [1.82, 2.24) is 4.90 Å². The maximum atomic E-state index is 12.3. The molecule has 0 spiro atoms. The van der Waals surface area contributed by atoms with Crippen LogP contribution in [-0.4, -0.2) is 21.7 Å². The zero-order valence-corrected chi connectivity index (χ0v) is 18.9. The summed E-state index contributed by atoms with van der Waals surface area (Å²) >= 11 is 22.0. The molecule has 1 amide bonds. The van der Waals surface area contributed by atoms with Crippen LogP contribution in [0.3, 0.4) is 0 Å². The Hall–Kier alpha value is -1.05. The smallest absolute Gasteiger partial charge is 0.266 e. The molecule has 0 saturated carbocycles. The third-order valence-electron chi connectivity index (χ3n) is 3.82. The maximum Gasteiger partial charge on any atom is 0.266 e. The van der Waals surface area contributed by atoms with E-state index in [2.05, 4.69) is 15.9 Å². The number of hydrogen-bond acceptors (Lipinski definition) is 4. The third-order valence-corrected chi connectivity index (χ3v) is 6.56. The number of rotatable bonds is 5. The lowest BCUT2D eigenvalue weighted by Crippen LogP contribution is -2.27. The van der Waals surface area contributed by atoms with E-state index in [0.29, 0.717) is 38.2 Å². The van der Waals surface area contributed by atoms with E-state index in [1.165, 1.54) is 11.8 Å². The van der Waals surface area contributed by atoms with E-state index >= 15 is 0 Å². The fourth-order valence-corrected chi connectivity index (χ4v) is 4.65. The Labute approximate surface area is 185 Å². The van der Waals surface area contributed by atoms with Gasteiger partial charge in [0, 0.05) is 6.54 Å². The molecular formula is C19H14BrCl2NO2S2. The van der Waals surface area contributed by atoms with Crippen molar-refractivity contribution in [2.45, 2.75) is 13.5 Å². The summed E-state index contributed by atoms with van der Waals surface area (Å²) in [6.45, 7) is 2.85. The molecule has 0 aromatic heterocycles. The number of hydrogen-bond donors (Lipinski definition) is 0. The largest absolute Gasteiger partial charge is 0.488 e. The van der Waals surface area contributed by atoms with Crippen LogP contribution in [0.4, 0.5) is 0 Å². The van der Waals surface area contributed by atoms with E-state index in [1.807, 2.05) is 37.3 Å². The van der Waals surface area contributed by atoms with Gasteiger partial charge in [0.1, 0.15) is 16.7 Å². The molecule has 0 bridgehead atoms. The van der Waals surface area contributed by atoms with Gasteiger partial charge in [0.2, 0.25) is 0 Å². The van der Waals surface area contributed by atoms with E-state index in [9.17, 15) is 4.79 Å². The van der Waals surface area contributed by atoms with Crippen LogP contribution in [0.15, 0.2) is 45.8 Å². The summed E-state index contributed by atoms with van der Waals surface area (Å²) in [5, 5.41) is 1.01. The summed E-state index contributed by atoms with van der Waals surface area (Å²) in [4.78, 5) is 14.5. The highest BCUT2D eigenvalue weighted by atomic mass is 79.9. The molecule has 2 aromatic rings. The molecule has 2 aromatic carbocycles. The van der Waals surface area contributed by atoms with Gasteiger partial charge in [-0.05, 0) is 64.3 Å². The summed E-state index contributed by atoms with van der Waals surface area (Å²) in [5.41, 5.74) is 1.81. The molecule has 1 fully saturated rings. The number of halogens is 3. The molecule has 3 nitrogen and oxygen atoms in total. The molecule has 0 aliphatic carbocycles. The van der Waals surface area contributed by atoms with Crippen molar-refractivity contribution in [1.29, 1.82) is 0 Å². The summed E-state index contributed by atoms with van der Waals surface area (Å²) in [6.07, 6.45) is 1.84. The van der Waals surface area contributed by atoms with Crippen molar-refractivity contribution in [2.24, 2.45) is 0 Å². The van der Waals surface area contributed by atoms with Gasteiger partial charge in [0.15, 0.2) is 0 Å². The average Bonchev–Trinajstić information content (AvgIpc) is 2.90. The van der Waals surface area contributed by atoms with Crippen LogP contribution in [0.25, 0.3) is 6.08 Å². The van der Waals surface area contributed by atoms with Crippen LogP contribution >= 0.6 is 63.1 Å². The lowest BCUT2D eigenvalue weighted by atomic mass is 10.2. The van der Waals surface area contributed by atoms with Gasteiger partial charge in [0.25, 0.3) is 5.91 Å². The predicted molar refractivity (Wildman–Crippen MR) is 120 cm³/mol. The van der Waals surface area contributed by atoms with Gasteiger partial charge in [-0.25, -0.2) is 0 Å². The number of carbonyl (C=O) groups is 1. The van der Waals surface area contributed by atoms with Crippen LogP contribution in [0.5, 0.6) is 5.75 Å². The molecule has 0 atom stereocenters. The highest BCUT2D eigenvalue weighted by molar-refractivity contribution is 9.10. The summed E-state index contributed by atoms with van der Waals surface area (Å²) in [6, 6.07) is 11.0. The molecule has 3 rings (SSSR count). The minimum absolute atomic E-state index is 0.0523. The van der Waals surface area contributed by atoms with Gasteiger partial charge in [-0.3, -0.25) is 9.69 Å². The number of benzene rings is 2. The van der Waals surface area contributed by atoms with Crippen molar-refractivity contribution in [3.63, 3.8) is 0 Å². The number of ether oxygens (including phenoxy) is 1. The zero-order valence-electron chi connectivity index (χ0n) is 14.2. The highest BCUT2D eigenvalue weighted by Gasteiger charge is 2.30. The predicted octanol–water partition coefficient (Wildman–Crippen LogP) is 6.56. The summed E-state index contributed by atoms with van der Waals surface area (Å²) < 4.78 is 7.23. The molecule has 0 radical (unpaired) electrons. The first kappa shape index (κ1) is 20.7. The van der Waals surface area contributed by atoms with Crippen molar-refractivity contribution in [3.05, 3.63) is 66.9 Å². The number of amides is 1. The second-order valence-corrected chi connectivity index (χ2v) is 9.00. The Balaban J connectivity index is 1.72. The number of likely N-dealkylation sites (N-methyl/N-ethyl adjacent to an activating group) is 1. The monoisotopic (exact) mass is 501 g/mol. The number of thioether (sulfide) groups is 1. The maximum absolute atomic E-state index is 12.3. The van der Waals surface area contributed by atoms with Gasteiger partial charge >= 0.3 is 0 Å². The Morgan fingerprint density at radius 3 is 2.63 bits per heavy atom. The molecule has 1 aliphatic rings. The zero-order chi connectivity index (χ0) is 19.6. The van der Waals surface area contributed by atoms with Crippen molar-refractivity contribution in [2.75, 3.05) is 6.54 Å². The molecular weight excluding hydrogens is 489 g/mol. The van der Waals surface area contributed by atoms with Crippen LogP contribution in [-0.2, 0) is 11.4 Å². The fraction of sp³-hybridized carbons (Fsp3) is 0.158. The first-order valence-corrected chi connectivity index (χ1v) is 10.8. The number of nitrogens with zero attached hydrogens (tertiary/aromatic N) is 1. The minimum Gasteiger partial charge on any atom is -0.488 e. The molecule has 0 unspecified atom stereocenters. The third kappa shape index (κ3) is 4.87. The number of carbonyl (C=O) groups excluding carboxylic acids is 1. The van der Waals surface area contributed by atoms with Crippen LogP contribution in [0, 0.1) is 0 Å². The lowest BCUT2D eigenvalue weighted by molar-refractivity contribution is -0.121. The van der Waals surface area contributed by atoms with Crippen molar-refractivity contribution < 1.29 is 9.53 Å². The molecule has 27 heavy (non-hydrogen) atoms. The van der Waals surface area contributed by atoms with E-state index < -0.39 is 0 Å². The Kier molecular flexibility index (Phi) is 6.87. The molecule has 8 heteroatoms. The molecule has 140 valence electrons. The molecule has 1 aliphatic heterocycles. The molecule has 1 saturated heterocycles. The van der Waals surface area contributed by atoms with Gasteiger partial charge in [-0.2, -0.15) is 0 Å². The van der Waals surface area contributed by atoms with Crippen molar-refractivity contribution in [3.8, 4) is 5.75 Å². The first-order valence-electron chi connectivity index (χ1n) is 8.00. The van der Waals surface area contributed by atoms with Crippen molar-refractivity contribution >= 4 is 79.4 Å². The lowest BCUT2D eigenvalue weighted by Gasteiger charge is -2.10.